The van der Waals surface area contributed by atoms with Crippen LogP contribution in [0.15, 0.2) is 24.3 Å². The van der Waals surface area contributed by atoms with Crippen LogP contribution in [0.3, 0.4) is 0 Å². The summed E-state index contributed by atoms with van der Waals surface area (Å²) < 4.78 is 6.30. The number of esters is 1. The molecule has 0 spiro atoms. The van der Waals surface area contributed by atoms with Crippen LogP contribution in [0.25, 0.3) is 0 Å². The molecule has 2 bridgehead atoms. The lowest BCUT2D eigenvalue weighted by Crippen LogP contribution is -2.35. The van der Waals surface area contributed by atoms with Crippen LogP contribution in [-0.4, -0.2) is 23.6 Å². The van der Waals surface area contributed by atoms with E-state index in [-0.39, 0.29) is 11.9 Å². The molecule has 0 N–H and O–H groups in total. The summed E-state index contributed by atoms with van der Waals surface area (Å²) in [5, 5.41) is 1.19. The molecule has 0 radical (unpaired) electrons. The zero-order chi connectivity index (χ0) is 13.4. The standard InChI is InChI=1S/C15H17IO2S/c1-18-15(17)14-12(8-11-6-7-13(14)19-11)9-2-4-10(16)5-3-9/h2-5,11-14H,6-8H2,1H3/t11?,12-,13?,14-/m0/s1. The topological polar surface area (TPSA) is 26.3 Å². The molecule has 0 aromatic heterocycles. The zero-order valence-electron chi connectivity index (χ0n) is 10.8. The first-order valence-electron chi connectivity index (χ1n) is 6.68. The van der Waals surface area contributed by atoms with Crippen molar-refractivity contribution in [3.8, 4) is 0 Å². The molecule has 2 aliphatic rings. The summed E-state index contributed by atoms with van der Waals surface area (Å²) in [5.41, 5.74) is 1.30. The first-order valence-corrected chi connectivity index (χ1v) is 8.70. The van der Waals surface area contributed by atoms with Gasteiger partial charge < -0.3 is 4.74 Å². The van der Waals surface area contributed by atoms with E-state index in [1.165, 1.54) is 22.7 Å². The first kappa shape index (κ1) is 13.7. The number of fused-ring (bicyclic) bond motifs is 2. The highest BCUT2D eigenvalue weighted by Crippen LogP contribution is 2.52. The molecule has 0 aliphatic carbocycles. The molecule has 2 fully saturated rings. The third-order valence-electron chi connectivity index (χ3n) is 4.26. The predicted molar refractivity (Wildman–Crippen MR) is 86.4 cm³/mol. The molecule has 4 heteroatoms. The van der Waals surface area contributed by atoms with Crippen LogP contribution < -0.4 is 0 Å². The molecular formula is C15H17IO2S. The smallest absolute Gasteiger partial charge is 0.310 e. The Labute approximate surface area is 131 Å². The van der Waals surface area contributed by atoms with Gasteiger partial charge in [-0.3, -0.25) is 4.79 Å². The molecule has 1 aromatic rings. The van der Waals surface area contributed by atoms with Gasteiger partial charge in [0.15, 0.2) is 0 Å². The Balaban J connectivity index is 1.92. The van der Waals surface area contributed by atoms with Crippen LogP contribution in [0.4, 0.5) is 0 Å². The summed E-state index contributed by atoms with van der Waals surface area (Å²) in [6, 6.07) is 8.62. The van der Waals surface area contributed by atoms with Crippen molar-refractivity contribution >= 4 is 40.3 Å². The fourth-order valence-corrected chi connectivity index (χ4v) is 5.55. The van der Waals surface area contributed by atoms with Gasteiger partial charge in [-0.25, -0.2) is 0 Å². The van der Waals surface area contributed by atoms with E-state index < -0.39 is 0 Å². The van der Waals surface area contributed by atoms with Crippen molar-refractivity contribution in [3.05, 3.63) is 33.4 Å². The molecule has 4 atom stereocenters. The quantitative estimate of drug-likeness (QED) is 0.569. The van der Waals surface area contributed by atoms with Gasteiger partial charge in [-0.2, -0.15) is 11.8 Å². The van der Waals surface area contributed by atoms with Crippen molar-refractivity contribution in [3.63, 3.8) is 0 Å². The average Bonchev–Trinajstić information content (AvgIpc) is 2.80. The van der Waals surface area contributed by atoms with Gasteiger partial charge in [0.2, 0.25) is 0 Å². The van der Waals surface area contributed by atoms with Crippen molar-refractivity contribution in [1.29, 1.82) is 0 Å². The Bertz CT molecular complexity index is 474. The van der Waals surface area contributed by atoms with Crippen LogP contribution in [0.2, 0.25) is 0 Å². The Morgan fingerprint density at radius 1 is 1.32 bits per heavy atom. The second-order valence-electron chi connectivity index (χ2n) is 5.32. The van der Waals surface area contributed by atoms with E-state index in [4.69, 9.17) is 4.74 Å². The van der Waals surface area contributed by atoms with Crippen LogP contribution in [0.1, 0.15) is 30.7 Å². The molecule has 0 saturated carbocycles. The summed E-state index contributed by atoms with van der Waals surface area (Å²) in [4.78, 5) is 12.2. The number of hydrogen-bond donors (Lipinski definition) is 0. The number of ether oxygens (including phenoxy) is 1. The fourth-order valence-electron chi connectivity index (χ4n) is 3.37. The summed E-state index contributed by atoms with van der Waals surface area (Å²) in [5.74, 6) is 0.346. The number of rotatable bonds is 2. The minimum atomic E-state index is -0.0265. The van der Waals surface area contributed by atoms with Crippen molar-refractivity contribution < 1.29 is 9.53 Å². The average molecular weight is 388 g/mol. The maximum Gasteiger partial charge on any atom is 0.310 e. The van der Waals surface area contributed by atoms with E-state index in [2.05, 4.69) is 46.9 Å². The van der Waals surface area contributed by atoms with E-state index in [1.54, 1.807) is 0 Å². The number of methoxy groups -OCH3 is 1. The molecule has 19 heavy (non-hydrogen) atoms. The van der Waals surface area contributed by atoms with Crippen molar-refractivity contribution in [1.82, 2.24) is 0 Å². The minimum Gasteiger partial charge on any atom is -0.469 e. The van der Waals surface area contributed by atoms with Gasteiger partial charge >= 0.3 is 5.97 Å². The Morgan fingerprint density at radius 2 is 2.05 bits per heavy atom. The largest absolute Gasteiger partial charge is 0.469 e. The third kappa shape index (κ3) is 2.66. The Morgan fingerprint density at radius 3 is 2.74 bits per heavy atom. The SMILES string of the molecule is COC(=O)[C@@H]1C2CCC(C[C@H]1c1ccc(I)cc1)S2. The summed E-state index contributed by atoms with van der Waals surface area (Å²) in [6.07, 6.45) is 3.53. The third-order valence-corrected chi connectivity index (χ3v) is 6.67. The maximum atomic E-state index is 12.2. The molecule has 0 amide bonds. The molecule has 2 saturated heterocycles. The summed E-state index contributed by atoms with van der Waals surface area (Å²) in [7, 11) is 1.51. The lowest BCUT2D eigenvalue weighted by atomic mass is 9.81. The van der Waals surface area contributed by atoms with Crippen LogP contribution in [0, 0.1) is 9.49 Å². The molecule has 1 aromatic carbocycles. The van der Waals surface area contributed by atoms with Gasteiger partial charge in [0.25, 0.3) is 0 Å². The van der Waals surface area contributed by atoms with Gasteiger partial charge in [0, 0.05) is 14.1 Å². The highest BCUT2D eigenvalue weighted by Gasteiger charge is 2.47. The second-order valence-corrected chi connectivity index (χ2v) is 8.11. The minimum absolute atomic E-state index is 0.0265. The normalized spacial score (nSPS) is 33.2. The molecular weight excluding hydrogens is 371 g/mol. The highest BCUT2D eigenvalue weighted by molar-refractivity contribution is 14.1. The maximum absolute atomic E-state index is 12.2. The van der Waals surface area contributed by atoms with E-state index in [1.807, 2.05) is 11.8 Å². The lowest BCUT2D eigenvalue weighted by molar-refractivity contribution is -0.146. The van der Waals surface area contributed by atoms with Crippen molar-refractivity contribution in [2.45, 2.75) is 35.7 Å². The zero-order valence-corrected chi connectivity index (χ0v) is 13.8. The fraction of sp³-hybridized carbons (Fsp3) is 0.533. The van der Waals surface area contributed by atoms with Crippen LogP contribution in [-0.2, 0) is 9.53 Å². The second kappa shape index (κ2) is 5.64. The van der Waals surface area contributed by atoms with Crippen molar-refractivity contribution in [2.24, 2.45) is 5.92 Å². The Hall–Kier alpha value is -0.230. The number of halogens is 1. The lowest BCUT2D eigenvalue weighted by Gasteiger charge is -2.34. The molecule has 2 nitrogen and oxygen atoms in total. The van der Waals surface area contributed by atoms with Gasteiger partial charge in [-0.1, -0.05) is 12.1 Å². The number of benzene rings is 1. The molecule has 2 heterocycles. The predicted octanol–water partition coefficient (Wildman–Crippen LogP) is 3.83. The van der Waals surface area contributed by atoms with E-state index in [0.717, 1.165) is 18.1 Å². The monoisotopic (exact) mass is 388 g/mol. The number of thioether (sulfide) groups is 1. The number of hydrogen-bond acceptors (Lipinski definition) is 3. The molecule has 2 unspecified atom stereocenters. The summed E-state index contributed by atoms with van der Waals surface area (Å²) >= 11 is 4.32. The van der Waals surface area contributed by atoms with Gasteiger partial charge in [-0.15, -0.1) is 0 Å². The first-order chi connectivity index (χ1) is 9.19. The number of carbonyl (C=O) groups is 1. The van der Waals surface area contributed by atoms with E-state index in [0.29, 0.717) is 11.2 Å². The van der Waals surface area contributed by atoms with Crippen LogP contribution >= 0.6 is 34.4 Å². The summed E-state index contributed by atoms with van der Waals surface area (Å²) in [6.45, 7) is 0. The molecule has 102 valence electrons. The Kier molecular flexibility index (Phi) is 4.08. The van der Waals surface area contributed by atoms with Crippen LogP contribution in [0.5, 0.6) is 0 Å². The van der Waals surface area contributed by atoms with E-state index in [9.17, 15) is 4.79 Å². The number of carbonyl (C=O) groups excluding carboxylic acids is 1. The van der Waals surface area contributed by atoms with Gasteiger partial charge in [-0.05, 0) is 65.5 Å². The van der Waals surface area contributed by atoms with Gasteiger partial charge in [0.1, 0.15) is 0 Å². The molecule has 3 rings (SSSR count). The van der Waals surface area contributed by atoms with Gasteiger partial charge in [0.05, 0.1) is 13.0 Å². The molecule has 2 aliphatic heterocycles. The highest BCUT2D eigenvalue weighted by atomic mass is 127. The van der Waals surface area contributed by atoms with E-state index >= 15 is 0 Å². The van der Waals surface area contributed by atoms with Crippen molar-refractivity contribution in [2.75, 3.05) is 7.11 Å².